The van der Waals surface area contributed by atoms with Gasteiger partial charge in [-0.3, -0.25) is 4.90 Å². The summed E-state index contributed by atoms with van der Waals surface area (Å²) < 4.78 is 18.8. The molecule has 1 unspecified atom stereocenters. The summed E-state index contributed by atoms with van der Waals surface area (Å²) in [6.45, 7) is 4.54. The number of thioether (sulfide) groups is 1. The van der Waals surface area contributed by atoms with E-state index in [0.29, 0.717) is 24.9 Å². The van der Waals surface area contributed by atoms with Gasteiger partial charge < -0.3 is 15.4 Å². The number of nitrogens with one attached hydrogen (secondary N) is 2. The Morgan fingerprint density at radius 2 is 1.79 bits per heavy atom. The van der Waals surface area contributed by atoms with Crippen LogP contribution in [0.4, 0.5) is 4.39 Å². The first-order valence-electron chi connectivity index (χ1n) is 9.59. The van der Waals surface area contributed by atoms with Gasteiger partial charge in [-0.1, -0.05) is 23.7 Å². The second-order valence-corrected chi connectivity index (χ2v) is 8.67. The van der Waals surface area contributed by atoms with Crippen LogP contribution in [0.25, 0.3) is 0 Å². The molecular weight excluding hydrogens is 429 g/mol. The quantitative estimate of drug-likeness (QED) is 0.356. The van der Waals surface area contributed by atoms with Crippen molar-refractivity contribution in [2.75, 3.05) is 45.1 Å². The lowest BCUT2D eigenvalue weighted by atomic mass is 10.0. The maximum absolute atomic E-state index is 13.3. The second kappa shape index (κ2) is 11.7. The standard InChI is InChI=1S/C21H25ClFN3OS2/c22-17-3-7-19(8-4-17)29-14-9-24-21(28)25-15-20(26-10-12-27-13-11-26)16-1-5-18(23)6-2-16/h1-8,20H,9-15H2,(H2,24,25,28). The molecule has 1 atom stereocenters. The van der Waals surface area contributed by atoms with Gasteiger partial charge in [-0.15, -0.1) is 11.8 Å². The van der Waals surface area contributed by atoms with E-state index < -0.39 is 0 Å². The highest BCUT2D eigenvalue weighted by Crippen LogP contribution is 2.22. The molecule has 0 amide bonds. The van der Waals surface area contributed by atoms with Crippen molar-refractivity contribution in [1.82, 2.24) is 15.5 Å². The molecule has 2 N–H and O–H groups in total. The van der Waals surface area contributed by atoms with Gasteiger partial charge >= 0.3 is 0 Å². The first kappa shape index (κ1) is 22.3. The van der Waals surface area contributed by atoms with Crippen LogP contribution in [-0.2, 0) is 4.74 Å². The van der Waals surface area contributed by atoms with E-state index in [1.165, 1.54) is 17.0 Å². The summed E-state index contributed by atoms with van der Waals surface area (Å²) in [6.07, 6.45) is 0. The summed E-state index contributed by atoms with van der Waals surface area (Å²) >= 11 is 13.1. The molecule has 4 nitrogen and oxygen atoms in total. The summed E-state index contributed by atoms with van der Waals surface area (Å²) in [5, 5.41) is 7.94. The molecule has 1 saturated heterocycles. The van der Waals surface area contributed by atoms with Crippen molar-refractivity contribution in [3.63, 3.8) is 0 Å². The number of hydrogen-bond acceptors (Lipinski definition) is 4. The smallest absolute Gasteiger partial charge is 0.166 e. The minimum absolute atomic E-state index is 0.114. The van der Waals surface area contributed by atoms with Crippen LogP contribution in [0.1, 0.15) is 11.6 Å². The molecule has 0 spiro atoms. The minimum atomic E-state index is -0.224. The lowest BCUT2D eigenvalue weighted by molar-refractivity contribution is 0.0170. The summed E-state index contributed by atoms with van der Waals surface area (Å²) in [5.41, 5.74) is 1.07. The lowest BCUT2D eigenvalue weighted by Gasteiger charge is -2.35. The Bertz CT molecular complexity index is 771. The van der Waals surface area contributed by atoms with Gasteiger partial charge in [0.25, 0.3) is 0 Å². The van der Waals surface area contributed by atoms with E-state index in [1.807, 2.05) is 36.4 Å². The fraction of sp³-hybridized carbons (Fsp3) is 0.381. The van der Waals surface area contributed by atoms with Crippen LogP contribution in [0.2, 0.25) is 5.02 Å². The number of thiocarbonyl (C=S) groups is 1. The van der Waals surface area contributed by atoms with E-state index in [0.717, 1.165) is 36.0 Å². The Kier molecular flexibility index (Phi) is 9.01. The van der Waals surface area contributed by atoms with Crippen molar-refractivity contribution >= 4 is 40.7 Å². The zero-order chi connectivity index (χ0) is 20.5. The SMILES string of the molecule is Fc1ccc(C(CNC(=S)NCCSc2ccc(Cl)cc2)N2CCOCC2)cc1. The molecule has 0 aliphatic carbocycles. The van der Waals surface area contributed by atoms with Crippen LogP contribution in [-0.4, -0.2) is 55.2 Å². The highest BCUT2D eigenvalue weighted by atomic mass is 35.5. The van der Waals surface area contributed by atoms with E-state index in [9.17, 15) is 4.39 Å². The number of hydrogen-bond donors (Lipinski definition) is 2. The monoisotopic (exact) mass is 453 g/mol. The van der Waals surface area contributed by atoms with Gasteiger partial charge in [0.15, 0.2) is 5.11 Å². The van der Waals surface area contributed by atoms with Gasteiger partial charge in [-0.2, -0.15) is 0 Å². The fourth-order valence-corrected chi connectivity index (χ4v) is 4.23. The van der Waals surface area contributed by atoms with Crippen LogP contribution in [0.15, 0.2) is 53.4 Å². The Balaban J connectivity index is 1.45. The minimum Gasteiger partial charge on any atom is -0.379 e. The van der Waals surface area contributed by atoms with Crippen LogP contribution in [0.3, 0.4) is 0 Å². The van der Waals surface area contributed by atoms with E-state index in [-0.39, 0.29) is 11.9 Å². The average Bonchev–Trinajstić information content (AvgIpc) is 2.75. The van der Waals surface area contributed by atoms with Crippen molar-refractivity contribution in [3.05, 3.63) is 64.9 Å². The van der Waals surface area contributed by atoms with E-state index in [1.54, 1.807) is 11.8 Å². The first-order chi connectivity index (χ1) is 14.1. The number of nitrogens with zero attached hydrogens (tertiary/aromatic N) is 1. The Morgan fingerprint density at radius 3 is 2.48 bits per heavy atom. The predicted octanol–water partition coefficient (Wildman–Crippen LogP) is 4.11. The van der Waals surface area contributed by atoms with Crippen LogP contribution in [0, 0.1) is 5.82 Å². The zero-order valence-corrected chi connectivity index (χ0v) is 18.5. The van der Waals surface area contributed by atoms with Crippen molar-refractivity contribution in [1.29, 1.82) is 0 Å². The largest absolute Gasteiger partial charge is 0.379 e. The summed E-state index contributed by atoms with van der Waals surface area (Å²) in [6, 6.07) is 14.6. The molecule has 1 aliphatic rings. The molecule has 3 rings (SSSR count). The number of halogens is 2. The van der Waals surface area contributed by atoms with Crippen molar-refractivity contribution in [2.45, 2.75) is 10.9 Å². The molecule has 0 aromatic heterocycles. The number of ether oxygens (including phenoxy) is 1. The Hall–Kier alpha value is -1.38. The van der Waals surface area contributed by atoms with Crippen molar-refractivity contribution in [3.8, 4) is 0 Å². The fourth-order valence-electron chi connectivity index (χ4n) is 3.15. The van der Waals surface area contributed by atoms with Gasteiger partial charge in [0, 0.05) is 41.8 Å². The number of benzene rings is 2. The first-order valence-corrected chi connectivity index (χ1v) is 11.4. The molecule has 2 aromatic rings. The number of rotatable bonds is 8. The molecule has 0 radical (unpaired) electrons. The molecule has 1 aliphatic heterocycles. The molecule has 1 fully saturated rings. The third-order valence-corrected chi connectivity index (χ3v) is 6.22. The van der Waals surface area contributed by atoms with E-state index >= 15 is 0 Å². The third-order valence-electron chi connectivity index (χ3n) is 4.67. The molecular formula is C21H25ClFN3OS2. The molecule has 29 heavy (non-hydrogen) atoms. The van der Waals surface area contributed by atoms with E-state index in [2.05, 4.69) is 15.5 Å². The predicted molar refractivity (Wildman–Crippen MR) is 122 cm³/mol. The topological polar surface area (TPSA) is 36.5 Å². The molecule has 8 heteroatoms. The molecule has 0 bridgehead atoms. The van der Waals surface area contributed by atoms with Crippen molar-refractivity contribution in [2.24, 2.45) is 0 Å². The van der Waals surface area contributed by atoms with E-state index in [4.69, 9.17) is 28.6 Å². The van der Waals surface area contributed by atoms with Gasteiger partial charge in [0.1, 0.15) is 5.82 Å². The van der Waals surface area contributed by atoms with Crippen molar-refractivity contribution < 1.29 is 9.13 Å². The third kappa shape index (κ3) is 7.42. The Morgan fingerprint density at radius 1 is 1.10 bits per heavy atom. The zero-order valence-electron chi connectivity index (χ0n) is 16.1. The van der Waals surface area contributed by atoms with Gasteiger partial charge in [-0.25, -0.2) is 4.39 Å². The second-order valence-electron chi connectivity index (χ2n) is 6.65. The van der Waals surface area contributed by atoms with Gasteiger partial charge in [-0.05, 0) is 54.2 Å². The van der Waals surface area contributed by atoms with Crippen LogP contribution in [0.5, 0.6) is 0 Å². The maximum Gasteiger partial charge on any atom is 0.166 e. The average molecular weight is 454 g/mol. The lowest BCUT2D eigenvalue weighted by Crippen LogP contribution is -2.46. The molecule has 0 saturated carbocycles. The molecule has 156 valence electrons. The van der Waals surface area contributed by atoms with Gasteiger partial charge in [0.2, 0.25) is 0 Å². The molecule has 2 aromatic carbocycles. The van der Waals surface area contributed by atoms with Crippen LogP contribution < -0.4 is 10.6 Å². The highest BCUT2D eigenvalue weighted by molar-refractivity contribution is 7.99. The van der Waals surface area contributed by atoms with Crippen LogP contribution >= 0.6 is 35.6 Å². The van der Waals surface area contributed by atoms with Gasteiger partial charge in [0.05, 0.1) is 19.3 Å². The summed E-state index contributed by atoms with van der Waals surface area (Å²) in [4.78, 5) is 3.53. The number of morpholine rings is 1. The normalized spacial score (nSPS) is 15.7. The summed E-state index contributed by atoms with van der Waals surface area (Å²) in [5.74, 6) is 0.673. The Labute approximate surface area is 186 Å². The summed E-state index contributed by atoms with van der Waals surface area (Å²) in [7, 11) is 0. The molecule has 1 heterocycles. The highest BCUT2D eigenvalue weighted by Gasteiger charge is 2.22. The maximum atomic E-state index is 13.3.